The lowest BCUT2D eigenvalue weighted by Crippen LogP contribution is -2.20. The number of carbonyl (C=O) groups is 1. The molecule has 2 saturated carbocycles. The van der Waals surface area contributed by atoms with E-state index in [1.807, 2.05) is 30.3 Å². The van der Waals surface area contributed by atoms with E-state index in [1.165, 1.54) is 6.20 Å². The first kappa shape index (κ1) is 18.7. The van der Waals surface area contributed by atoms with Gasteiger partial charge in [0, 0.05) is 23.9 Å². The molecule has 0 aliphatic heterocycles. The number of aromatic nitrogens is 2. The van der Waals surface area contributed by atoms with E-state index in [-0.39, 0.29) is 22.9 Å². The number of benzene rings is 1. The van der Waals surface area contributed by atoms with E-state index in [4.69, 9.17) is 0 Å². The van der Waals surface area contributed by atoms with E-state index in [1.54, 1.807) is 4.57 Å². The number of carboxylic acid groups (broad SMARTS) is 1. The van der Waals surface area contributed by atoms with Crippen molar-refractivity contribution in [3.63, 3.8) is 0 Å². The number of aliphatic imine (C=N–C) groups is 1. The molecule has 30 heavy (non-hydrogen) atoms. The second-order valence-electron chi connectivity index (χ2n) is 8.00. The Morgan fingerprint density at radius 3 is 2.67 bits per heavy atom. The highest BCUT2D eigenvalue weighted by Crippen LogP contribution is 2.38. The van der Waals surface area contributed by atoms with Crippen LogP contribution in [0.15, 0.2) is 52.4 Å². The molecule has 7 heteroatoms. The maximum absolute atomic E-state index is 15.0. The average molecular weight is 405 g/mol. The molecule has 2 aliphatic rings. The lowest BCUT2D eigenvalue weighted by Gasteiger charge is -2.15. The molecule has 1 atom stereocenters. The largest absolute Gasteiger partial charge is 0.477 e. The van der Waals surface area contributed by atoms with E-state index < -0.39 is 17.2 Å². The van der Waals surface area contributed by atoms with Crippen LogP contribution in [0.3, 0.4) is 0 Å². The van der Waals surface area contributed by atoms with Crippen molar-refractivity contribution in [2.24, 2.45) is 4.99 Å². The molecule has 0 radical (unpaired) electrons. The number of nitrogens with zero attached hydrogens (tertiary/aromatic N) is 3. The fraction of sp³-hybridized carbons (Fsp3) is 0.304. The first-order chi connectivity index (χ1) is 14.5. The van der Waals surface area contributed by atoms with Crippen LogP contribution in [0.2, 0.25) is 0 Å². The number of para-hydroxylation sites is 1. The summed E-state index contributed by atoms with van der Waals surface area (Å²) < 4.78 is 16.7. The SMILES string of the molecule is O=C(O)c1cn(C2CC2)c2nc(C3CCC(=Nc4ccccc4)C3)c(F)cc2c1=O. The third kappa shape index (κ3) is 3.30. The summed E-state index contributed by atoms with van der Waals surface area (Å²) >= 11 is 0. The van der Waals surface area contributed by atoms with E-state index in [0.717, 1.165) is 43.1 Å². The maximum atomic E-state index is 15.0. The second-order valence-corrected chi connectivity index (χ2v) is 8.00. The van der Waals surface area contributed by atoms with Crippen molar-refractivity contribution in [2.75, 3.05) is 0 Å². The molecular formula is C23H20FN3O3. The Morgan fingerprint density at radius 2 is 1.97 bits per heavy atom. The molecule has 2 aromatic heterocycles. The summed E-state index contributed by atoms with van der Waals surface area (Å²) in [7, 11) is 0. The fourth-order valence-electron chi connectivity index (χ4n) is 4.18. The molecule has 152 valence electrons. The second kappa shape index (κ2) is 7.16. The van der Waals surface area contributed by atoms with Gasteiger partial charge in [0.1, 0.15) is 17.0 Å². The summed E-state index contributed by atoms with van der Waals surface area (Å²) in [6, 6.07) is 10.9. The Bertz CT molecular complexity index is 1250. The van der Waals surface area contributed by atoms with Crippen LogP contribution in [-0.2, 0) is 0 Å². The molecule has 1 N–H and O–H groups in total. The van der Waals surface area contributed by atoms with Crippen LogP contribution >= 0.6 is 0 Å². The molecule has 0 amide bonds. The molecular weight excluding hydrogens is 385 g/mol. The summed E-state index contributed by atoms with van der Waals surface area (Å²) in [5.74, 6) is -1.98. The zero-order chi connectivity index (χ0) is 20.8. The minimum absolute atomic E-state index is 0.0271. The van der Waals surface area contributed by atoms with Crippen molar-refractivity contribution in [1.29, 1.82) is 0 Å². The van der Waals surface area contributed by atoms with Gasteiger partial charge in [-0.05, 0) is 50.3 Å². The average Bonchev–Trinajstić information content (AvgIpc) is 3.47. The molecule has 0 bridgehead atoms. The third-order valence-electron chi connectivity index (χ3n) is 5.85. The molecule has 3 aromatic rings. The van der Waals surface area contributed by atoms with Crippen molar-refractivity contribution in [3.8, 4) is 0 Å². The van der Waals surface area contributed by atoms with Gasteiger partial charge in [0.05, 0.1) is 16.8 Å². The number of pyridine rings is 2. The predicted molar refractivity (Wildman–Crippen MR) is 111 cm³/mol. The molecule has 5 rings (SSSR count). The van der Waals surface area contributed by atoms with Crippen molar-refractivity contribution in [3.05, 3.63) is 69.9 Å². The summed E-state index contributed by atoms with van der Waals surface area (Å²) in [6.45, 7) is 0. The Morgan fingerprint density at radius 1 is 1.20 bits per heavy atom. The van der Waals surface area contributed by atoms with Gasteiger partial charge < -0.3 is 9.67 Å². The number of rotatable bonds is 4. The number of hydrogen-bond donors (Lipinski definition) is 1. The molecule has 0 spiro atoms. The summed E-state index contributed by atoms with van der Waals surface area (Å²) in [6.07, 6.45) is 5.26. The topological polar surface area (TPSA) is 84.5 Å². The van der Waals surface area contributed by atoms with E-state index in [9.17, 15) is 19.1 Å². The summed E-state index contributed by atoms with van der Waals surface area (Å²) in [4.78, 5) is 33.3. The third-order valence-corrected chi connectivity index (χ3v) is 5.85. The molecule has 0 saturated heterocycles. The molecule has 6 nitrogen and oxygen atoms in total. The maximum Gasteiger partial charge on any atom is 0.341 e. The lowest BCUT2D eigenvalue weighted by atomic mass is 10.0. The first-order valence-corrected chi connectivity index (χ1v) is 10.1. The van der Waals surface area contributed by atoms with Crippen LogP contribution in [0.25, 0.3) is 11.0 Å². The Labute approximate surface area is 171 Å². The normalized spacial score (nSPS) is 20.2. The van der Waals surface area contributed by atoms with Gasteiger partial charge in [-0.2, -0.15) is 0 Å². The molecule has 1 aromatic carbocycles. The van der Waals surface area contributed by atoms with Gasteiger partial charge in [-0.25, -0.2) is 14.2 Å². The van der Waals surface area contributed by atoms with Crippen molar-refractivity contribution in [2.45, 2.75) is 44.1 Å². The molecule has 2 aliphatic carbocycles. The number of aromatic carboxylic acids is 1. The minimum Gasteiger partial charge on any atom is -0.477 e. The zero-order valence-corrected chi connectivity index (χ0v) is 16.2. The smallest absolute Gasteiger partial charge is 0.341 e. The van der Waals surface area contributed by atoms with Crippen LogP contribution in [0.4, 0.5) is 10.1 Å². The fourth-order valence-corrected chi connectivity index (χ4v) is 4.18. The Kier molecular flexibility index (Phi) is 4.46. The molecule has 1 unspecified atom stereocenters. The van der Waals surface area contributed by atoms with Gasteiger partial charge in [-0.3, -0.25) is 9.79 Å². The molecule has 2 fully saturated rings. The standard InChI is InChI=1S/C23H20FN3O3/c24-19-11-17-21(28)18(23(29)30)12-27(16-8-9-16)22(17)26-20(19)13-6-7-15(10-13)25-14-4-2-1-3-5-14/h1-5,11-13,16H,6-10H2,(H,29,30). The van der Waals surface area contributed by atoms with Crippen molar-refractivity contribution < 1.29 is 14.3 Å². The zero-order valence-electron chi connectivity index (χ0n) is 16.2. The first-order valence-electron chi connectivity index (χ1n) is 10.1. The van der Waals surface area contributed by atoms with Crippen LogP contribution in [-0.4, -0.2) is 26.3 Å². The van der Waals surface area contributed by atoms with Crippen molar-refractivity contribution in [1.82, 2.24) is 9.55 Å². The highest BCUT2D eigenvalue weighted by molar-refractivity contribution is 5.92. The highest BCUT2D eigenvalue weighted by Gasteiger charge is 2.31. The van der Waals surface area contributed by atoms with Gasteiger partial charge in [0.2, 0.25) is 5.43 Å². The van der Waals surface area contributed by atoms with Crippen LogP contribution in [0, 0.1) is 5.82 Å². The number of fused-ring (bicyclic) bond motifs is 1. The summed E-state index contributed by atoms with van der Waals surface area (Å²) in [5, 5.41) is 9.38. The minimum atomic E-state index is -1.31. The number of halogens is 1. The monoisotopic (exact) mass is 405 g/mol. The molecule has 2 heterocycles. The quantitative estimate of drug-likeness (QED) is 0.687. The number of carboxylic acids is 1. The Balaban J connectivity index is 1.56. The van der Waals surface area contributed by atoms with Gasteiger partial charge in [0.25, 0.3) is 0 Å². The van der Waals surface area contributed by atoms with E-state index in [2.05, 4.69) is 9.98 Å². The number of hydrogen-bond acceptors (Lipinski definition) is 4. The van der Waals surface area contributed by atoms with E-state index >= 15 is 0 Å². The predicted octanol–water partition coefficient (Wildman–Crippen LogP) is 4.61. The van der Waals surface area contributed by atoms with Crippen molar-refractivity contribution >= 4 is 28.4 Å². The van der Waals surface area contributed by atoms with Gasteiger partial charge in [0.15, 0.2) is 0 Å². The Hall–Kier alpha value is -3.35. The van der Waals surface area contributed by atoms with Crippen LogP contribution in [0.5, 0.6) is 0 Å². The summed E-state index contributed by atoms with van der Waals surface area (Å²) in [5.41, 5.74) is 1.55. The lowest BCUT2D eigenvalue weighted by molar-refractivity contribution is 0.0695. The van der Waals surface area contributed by atoms with E-state index in [0.29, 0.717) is 17.8 Å². The van der Waals surface area contributed by atoms with Gasteiger partial charge in [-0.15, -0.1) is 0 Å². The van der Waals surface area contributed by atoms with Crippen LogP contribution in [0.1, 0.15) is 60.1 Å². The highest BCUT2D eigenvalue weighted by atomic mass is 19.1. The van der Waals surface area contributed by atoms with Gasteiger partial charge >= 0.3 is 5.97 Å². The van der Waals surface area contributed by atoms with Gasteiger partial charge in [-0.1, -0.05) is 18.2 Å². The van der Waals surface area contributed by atoms with Crippen LogP contribution < -0.4 is 5.43 Å².